The van der Waals surface area contributed by atoms with Crippen LogP contribution in [0.2, 0.25) is 0 Å². The largest absolute Gasteiger partial charge is 0.394 e. The first kappa shape index (κ1) is 12.8. The molecule has 6 heteroatoms. The molecule has 2 atom stereocenters. The molecule has 1 aromatic rings. The first-order valence-electron chi connectivity index (χ1n) is 5.84. The maximum atomic E-state index is 12.2. The van der Waals surface area contributed by atoms with E-state index >= 15 is 0 Å². The second kappa shape index (κ2) is 5.32. The Morgan fingerprint density at radius 3 is 3.06 bits per heavy atom. The normalized spacial score (nSPS) is 24.0. The average molecular weight is 252 g/mol. The van der Waals surface area contributed by atoms with E-state index in [0.29, 0.717) is 13.1 Å². The van der Waals surface area contributed by atoms with Crippen LogP contribution in [0.4, 0.5) is 0 Å². The number of rotatable bonds is 2. The Morgan fingerprint density at radius 2 is 2.39 bits per heavy atom. The quantitative estimate of drug-likeness (QED) is 0.750. The number of carbonyl (C=O) groups is 1. The third kappa shape index (κ3) is 2.60. The molecule has 0 bridgehead atoms. The smallest absolute Gasteiger partial charge is 0.259 e. The first-order chi connectivity index (χ1) is 8.61. The molecule has 0 aliphatic carbocycles. The number of aliphatic hydroxyl groups excluding tert-OH is 1. The van der Waals surface area contributed by atoms with E-state index in [-0.39, 0.29) is 35.7 Å². The molecule has 1 aliphatic rings. The van der Waals surface area contributed by atoms with Gasteiger partial charge in [-0.25, -0.2) is 0 Å². The van der Waals surface area contributed by atoms with Crippen LogP contribution in [0.5, 0.6) is 0 Å². The molecule has 18 heavy (non-hydrogen) atoms. The SMILES string of the molecule is CC1CN(C(=O)c2c[nH]ccc2=O)CC(CO)O1. The van der Waals surface area contributed by atoms with E-state index in [2.05, 4.69) is 4.98 Å². The summed E-state index contributed by atoms with van der Waals surface area (Å²) in [6.07, 6.45) is 2.35. The van der Waals surface area contributed by atoms with Gasteiger partial charge in [0.05, 0.1) is 18.8 Å². The maximum Gasteiger partial charge on any atom is 0.259 e. The number of H-pyrrole nitrogens is 1. The molecule has 0 spiro atoms. The Labute approximate surface area is 104 Å². The van der Waals surface area contributed by atoms with Crippen molar-refractivity contribution in [2.45, 2.75) is 19.1 Å². The molecule has 2 N–H and O–H groups in total. The Balaban J connectivity index is 2.18. The van der Waals surface area contributed by atoms with E-state index in [0.717, 1.165) is 0 Å². The third-order valence-electron chi connectivity index (χ3n) is 2.87. The minimum absolute atomic E-state index is 0.114. The molecule has 1 fully saturated rings. The first-order valence-corrected chi connectivity index (χ1v) is 5.84. The van der Waals surface area contributed by atoms with Crippen molar-refractivity contribution in [1.82, 2.24) is 9.88 Å². The molecule has 2 heterocycles. The second-order valence-corrected chi connectivity index (χ2v) is 4.38. The molecule has 1 aromatic heterocycles. The number of aromatic nitrogens is 1. The van der Waals surface area contributed by atoms with Gasteiger partial charge in [-0.15, -0.1) is 0 Å². The van der Waals surface area contributed by atoms with Gasteiger partial charge in [-0.2, -0.15) is 0 Å². The summed E-state index contributed by atoms with van der Waals surface area (Å²) < 4.78 is 5.45. The van der Waals surface area contributed by atoms with E-state index in [1.54, 1.807) is 4.90 Å². The van der Waals surface area contributed by atoms with Crippen LogP contribution in [0.3, 0.4) is 0 Å². The van der Waals surface area contributed by atoms with Gasteiger partial charge < -0.3 is 19.7 Å². The maximum absolute atomic E-state index is 12.2. The fourth-order valence-electron chi connectivity index (χ4n) is 2.07. The van der Waals surface area contributed by atoms with Crippen molar-refractivity contribution in [2.75, 3.05) is 19.7 Å². The van der Waals surface area contributed by atoms with E-state index in [4.69, 9.17) is 9.84 Å². The van der Waals surface area contributed by atoms with Crippen LogP contribution in [0.15, 0.2) is 23.3 Å². The Kier molecular flexibility index (Phi) is 3.78. The lowest BCUT2D eigenvalue weighted by molar-refractivity contribution is -0.0858. The molecule has 0 radical (unpaired) electrons. The van der Waals surface area contributed by atoms with E-state index in [1.807, 2.05) is 6.92 Å². The highest BCUT2D eigenvalue weighted by atomic mass is 16.5. The lowest BCUT2D eigenvalue weighted by atomic mass is 10.1. The number of aliphatic hydroxyl groups is 1. The lowest BCUT2D eigenvalue weighted by Crippen LogP contribution is -2.51. The summed E-state index contributed by atoms with van der Waals surface area (Å²) in [5.74, 6) is -0.328. The predicted octanol–water partition coefficient (Wildman–Crippen LogP) is -0.403. The summed E-state index contributed by atoms with van der Waals surface area (Å²) in [5.41, 5.74) is -0.193. The molecule has 98 valence electrons. The fraction of sp³-hybridized carbons (Fsp3) is 0.500. The number of ether oxygens (including phenoxy) is 1. The predicted molar refractivity (Wildman–Crippen MR) is 64.4 cm³/mol. The number of morpholine rings is 1. The molecule has 2 rings (SSSR count). The van der Waals surface area contributed by atoms with E-state index in [9.17, 15) is 9.59 Å². The topological polar surface area (TPSA) is 82.6 Å². The number of hydrogen-bond acceptors (Lipinski definition) is 4. The van der Waals surface area contributed by atoms with Crippen molar-refractivity contribution >= 4 is 5.91 Å². The van der Waals surface area contributed by atoms with Gasteiger partial charge in [-0.05, 0) is 6.92 Å². The van der Waals surface area contributed by atoms with Gasteiger partial charge in [-0.3, -0.25) is 9.59 Å². The monoisotopic (exact) mass is 252 g/mol. The summed E-state index contributed by atoms with van der Waals surface area (Å²) in [6, 6.07) is 1.32. The number of aromatic amines is 1. The highest BCUT2D eigenvalue weighted by molar-refractivity contribution is 5.93. The standard InChI is InChI=1S/C12H16N2O4/c1-8-5-14(6-9(7-15)18-8)12(17)10-4-13-3-2-11(10)16/h2-4,8-9,15H,5-7H2,1H3,(H,13,16). The number of amides is 1. The summed E-state index contributed by atoms with van der Waals surface area (Å²) in [5, 5.41) is 9.10. The van der Waals surface area contributed by atoms with E-state index in [1.165, 1.54) is 18.5 Å². The Bertz CT molecular complexity index is 485. The fourth-order valence-corrected chi connectivity index (χ4v) is 2.07. The van der Waals surface area contributed by atoms with Gasteiger partial charge in [0.15, 0.2) is 5.43 Å². The van der Waals surface area contributed by atoms with Crippen molar-refractivity contribution in [3.8, 4) is 0 Å². The number of nitrogens with one attached hydrogen (secondary N) is 1. The Morgan fingerprint density at radius 1 is 1.61 bits per heavy atom. The molecular formula is C12H16N2O4. The molecule has 1 saturated heterocycles. The van der Waals surface area contributed by atoms with Gasteiger partial charge in [-0.1, -0.05) is 0 Å². The summed E-state index contributed by atoms with van der Waals surface area (Å²) in [6.45, 7) is 2.41. The van der Waals surface area contributed by atoms with Crippen LogP contribution in [-0.2, 0) is 4.74 Å². The van der Waals surface area contributed by atoms with Crippen LogP contribution in [0.25, 0.3) is 0 Å². The highest BCUT2D eigenvalue weighted by Crippen LogP contribution is 2.12. The zero-order valence-corrected chi connectivity index (χ0v) is 10.1. The van der Waals surface area contributed by atoms with Crippen LogP contribution in [-0.4, -0.2) is 52.8 Å². The lowest BCUT2D eigenvalue weighted by Gasteiger charge is -2.35. The van der Waals surface area contributed by atoms with Crippen LogP contribution >= 0.6 is 0 Å². The molecule has 1 aliphatic heterocycles. The van der Waals surface area contributed by atoms with Gasteiger partial charge in [0.2, 0.25) is 0 Å². The van der Waals surface area contributed by atoms with Crippen molar-refractivity contribution in [3.63, 3.8) is 0 Å². The Hall–Kier alpha value is -1.66. The highest BCUT2D eigenvalue weighted by Gasteiger charge is 2.29. The van der Waals surface area contributed by atoms with Crippen molar-refractivity contribution in [1.29, 1.82) is 0 Å². The summed E-state index contributed by atoms with van der Waals surface area (Å²) in [7, 11) is 0. The van der Waals surface area contributed by atoms with Crippen molar-refractivity contribution in [3.05, 3.63) is 34.2 Å². The zero-order chi connectivity index (χ0) is 13.1. The van der Waals surface area contributed by atoms with Gasteiger partial charge in [0.25, 0.3) is 5.91 Å². The van der Waals surface area contributed by atoms with Gasteiger partial charge in [0, 0.05) is 31.5 Å². The molecule has 1 amide bonds. The summed E-state index contributed by atoms with van der Waals surface area (Å²) >= 11 is 0. The number of carbonyl (C=O) groups excluding carboxylic acids is 1. The third-order valence-corrected chi connectivity index (χ3v) is 2.87. The molecule has 0 saturated carbocycles. The molecular weight excluding hydrogens is 236 g/mol. The number of pyridine rings is 1. The minimum Gasteiger partial charge on any atom is -0.394 e. The van der Waals surface area contributed by atoms with Crippen molar-refractivity contribution in [2.24, 2.45) is 0 Å². The van der Waals surface area contributed by atoms with Gasteiger partial charge in [0.1, 0.15) is 5.56 Å². The second-order valence-electron chi connectivity index (χ2n) is 4.38. The number of hydrogen-bond donors (Lipinski definition) is 2. The zero-order valence-electron chi connectivity index (χ0n) is 10.1. The van der Waals surface area contributed by atoms with E-state index < -0.39 is 0 Å². The molecule has 0 aromatic carbocycles. The average Bonchev–Trinajstić information content (AvgIpc) is 2.37. The summed E-state index contributed by atoms with van der Waals surface area (Å²) in [4.78, 5) is 28.1. The van der Waals surface area contributed by atoms with Crippen LogP contribution in [0, 0.1) is 0 Å². The minimum atomic E-state index is -0.388. The molecule has 6 nitrogen and oxygen atoms in total. The van der Waals surface area contributed by atoms with Crippen molar-refractivity contribution < 1.29 is 14.6 Å². The van der Waals surface area contributed by atoms with Crippen LogP contribution in [0.1, 0.15) is 17.3 Å². The number of nitrogens with zero attached hydrogens (tertiary/aromatic N) is 1. The van der Waals surface area contributed by atoms with Gasteiger partial charge >= 0.3 is 0 Å². The molecule has 2 unspecified atom stereocenters. The van der Waals surface area contributed by atoms with Crippen LogP contribution < -0.4 is 5.43 Å².